The predicted molar refractivity (Wildman–Crippen MR) is 73.9 cm³/mol. The molecule has 0 atom stereocenters. The highest BCUT2D eigenvalue weighted by Crippen LogP contribution is 2.17. The first-order valence-electron chi connectivity index (χ1n) is 6.63. The Bertz CT molecular complexity index is 545. The van der Waals surface area contributed by atoms with E-state index in [1.807, 2.05) is 4.90 Å². The van der Waals surface area contributed by atoms with Crippen LogP contribution in [0.5, 0.6) is 0 Å². The van der Waals surface area contributed by atoms with Crippen molar-refractivity contribution < 1.29 is 18.8 Å². The van der Waals surface area contributed by atoms with Gasteiger partial charge in [0, 0.05) is 25.8 Å². The standard InChI is InChI=1S/C14H18FN3O3/c1-20-9-7-18(6-8-19)10-13-16-14(21-17-13)11-2-4-12(15)5-3-11/h2-5,19H,6-10H2,1H3. The highest BCUT2D eigenvalue weighted by atomic mass is 19.1. The Labute approximate surface area is 122 Å². The van der Waals surface area contributed by atoms with Gasteiger partial charge in [0.15, 0.2) is 5.82 Å². The molecule has 0 aliphatic carbocycles. The number of methoxy groups -OCH3 is 1. The summed E-state index contributed by atoms with van der Waals surface area (Å²) in [6, 6.07) is 5.86. The summed E-state index contributed by atoms with van der Waals surface area (Å²) in [5.41, 5.74) is 0.667. The van der Waals surface area contributed by atoms with Crippen molar-refractivity contribution in [1.82, 2.24) is 15.0 Å². The minimum absolute atomic E-state index is 0.0480. The van der Waals surface area contributed by atoms with E-state index in [-0.39, 0.29) is 12.4 Å². The van der Waals surface area contributed by atoms with E-state index in [9.17, 15) is 4.39 Å². The number of nitrogens with zero attached hydrogens (tertiary/aromatic N) is 3. The molecule has 2 rings (SSSR count). The van der Waals surface area contributed by atoms with Gasteiger partial charge in [-0.25, -0.2) is 4.39 Å². The summed E-state index contributed by atoms with van der Waals surface area (Å²) in [4.78, 5) is 6.24. The van der Waals surface area contributed by atoms with Crippen molar-refractivity contribution in [3.63, 3.8) is 0 Å². The van der Waals surface area contributed by atoms with Crippen LogP contribution in [0.1, 0.15) is 5.82 Å². The lowest BCUT2D eigenvalue weighted by atomic mass is 10.2. The van der Waals surface area contributed by atoms with Crippen LogP contribution in [0, 0.1) is 5.82 Å². The normalized spacial score (nSPS) is 11.2. The van der Waals surface area contributed by atoms with E-state index in [4.69, 9.17) is 14.4 Å². The van der Waals surface area contributed by atoms with E-state index in [0.29, 0.717) is 43.5 Å². The molecular weight excluding hydrogens is 277 g/mol. The zero-order chi connectivity index (χ0) is 15.1. The molecule has 0 aliphatic rings. The van der Waals surface area contributed by atoms with Crippen molar-refractivity contribution in [1.29, 1.82) is 0 Å². The maximum Gasteiger partial charge on any atom is 0.257 e. The number of rotatable bonds is 8. The lowest BCUT2D eigenvalue weighted by Crippen LogP contribution is -2.30. The molecule has 1 N–H and O–H groups in total. The molecule has 0 unspecified atom stereocenters. The third kappa shape index (κ3) is 4.59. The second kappa shape index (κ2) is 7.82. The van der Waals surface area contributed by atoms with E-state index < -0.39 is 0 Å². The summed E-state index contributed by atoms with van der Waals surface area (Å²) in [7, 11) is 1.62. The monoisotopic (exact) mass is 295 g/mol. The molecule has 1 aromatic heterocycles. The number of ether oxygens (including phenoxy) is 1. The van der Waals surface area contributed by atoms with Crippen molar-refractivity contribution in [3.8, 4) is 11.5 Å². The number of benzene rings is 1. The fourth-order valence-electron chi connectivity index (χ4n) is 1.86. The lowest BCUT2D eigenvalue weighted by molar-refractivity contribution is 0.124. The molecule has 1 heterocycles. The highest BCUT2D eigenvalue weighted by Gasteiger charge is 2.12. The van der Waals surface area contributed by atoms with Crippen molar-refractivity contribution in [2.45, 2.75) is 6.54 Å². The largest absolute Gasteiger partial charge is 0.395 e. The number of aliphatic hydroxyl groups excluding tert-OH is 1. The predicted octanol–water partition coefficient (Wildman–Crippen LogP) is 1.32. The number of hydrogen-bond acceptors (Lipinski definition) is 6. The average molecular weight is 295 g/mol. The maximum atomic E-state index is 12.9. The molecule has 21 heavy (non-hydrogen) atoms. The minimum Gasteiger partial charge on any atom is -0.395 e. The van der Waals surface area contributed by atoms with Gasteiger partial charge in [0.1, 0.15) is 5.82 Å². The van der Waals surface area contributed by atoms with Gasteiger partial charge in [-0.1, -0.05) is 5.16 Å². The highest BCUT2D eigenvalue weighted by molar-refractivity contribution is 5.52. The number of hydrogen-bond donors (Lipinski definition) is 1. The summed E-state index contributed by atoms with van der Waals surface area (Å²) in [5.74, 6) is 0.548. The van der Waals surface area contributed by atoms with Gasteiger partial charge in [0.2, 0.25) is 0 Å². The van der Waals surface area contributed by atoms with Crippen molar-refractivity contribution in [3.05, 3.63) is 35.9 Å². The van der Waals surface area contributed by atoms with Gasteiger partial charge < -0.3 is 14.4 Å². The second-order valence-corrected chi connectivity index (χ2v) is 4.52. The summed E-state index contributed by atoms with van der Waals surface area (Å²) < 4.78 is 23.1. The fraction of sp³-hybridized carbons (Fsp3) is 0.429. The van der Waals surface area contributed by atoms with E-state index in [0.717, 1.165) is 0 Å². The van der Waals surface area contributed by atoms with Crippen LogP contribution in [0.2, 0.25) is 0 Å². The molecule has 7 heteroatoms. The first-order valence-corrected chi connectivity index (χ1v) is 6.63. The molecule has 0 fully saturated rings. The average Bonchev–Trinajstić information content (AvgIpc) is 2.94. The van der Waals surface area contributed by atoms with Gasteiger partial charge in [-0.3, -0.25) is 4.90 Å². The van der Waals surface area contributed by atoms with E-state index >= 15 is 0 Å². The third-order valence-corrected chi connectivity index (χ3v) is 2.95. The minimum atomic E-state index is -0.313. The topological polar surface area (TPSA) is 71.6 Å². The molecule has 0 aliphatic heterocycles. The van der Waals surface area contributed by atoms with Crippen LogP contribution in [-0.4, -0.2) is 53.6 Å². The van der Waals surface area contributed by atoms with Gasteiger partial charge in [-0.05, 0) is 24.3 Å². The van der Waals surface area contributed by atoms with Crippen LogP contribution in [-0.2, 0) is 11.3 Å². The first kappa shape index (κ1) is 15.6. The smallest absolute Gasteiger partial charge is 0.257 e. The Kier molecular flexibility index (Phi) is 5.79. The molecule has 0 spiro atoms. The Hall–Kier alpha value is -1.83. The van der Waals surface area contributed by atoms with Gasteiger partial charge in [0.05, 0.1) is 19.8 Å². The van der Waals surface area contributed by atoms with Crippen molar-refractivity contribution in [2.24, 2.45) is 0 Å². The molecule has 0 radical (unpaired) electrons. The summed E-state index contributed by atoms with van der Waals surface area (Å²) in [5, 5.41) is 12.9. The molecule has 6 nitrogen and oxygen atoms in total. The summed E-state index contributed by atoms with van der Waals surface area (Å²) >= 11 is 0. The van der Waals surface area contributed by atoms with E-state index in [2.05, 4.69) is 10.1 Å². The van der Waals surface area contributed by atoms with Crippen LogP contribution in [0.25, 0.3) is 11.5 Å². The van der Waals surface area contributed by atoms with Gasteiger partial charge in [0.25, 0.3) is 5.89 Å². The van der Waals surface area contributed by atoms with Gasteiger partial charge >= 0.3 is 0 Å². The zero-order valence-corrected chi connectivity index (χ0v) is 11.8. The Morgan fingerprint density at radius 3 is 2.71 bits per heavy atom. The Morgan fingerprint density at radius 1 is 1.29 bits per heavy atom. The number of halogens is 1. The van der Waals surface area contributed by atoms with Crippen molar-refractivity contribution >= 4 is 0 Å². The summed E-state index contributed by atoms with van der Waals surface area (Å²) in [6.07, 6.45) is 0. The second-order valence-electron chi connectivity index (χ2n) is 4.52. The van der Waals surface area contributed by atoms with Gasteiger partial charge in [-0.15, -0.1) is 0 Å². The molecule has 114 valence electrons. The van der Waals surface area contributed by atoms with Crippen LogP contribution >= 0.6 is 0 Å². The van der Waals surface area contributed by atoms with Crippen LogP contribution in [0.4, 0.5) is 4.39 Å². The SMILES string of the molecule is COCCN(CCO)Cc1noc(-c2ccc(F)cc2)n1. The van der Waals surface area contributed by atoms with Crippen molar-refractivity contribution in [2.75, 3.05) is 33.4 Å². The maximum absolute atomic E-state index is 12.9. The van der Waals surface area contributed by atoms with E-state index in [1.54, 1.807) is 19.2 Å². The van der Waals surface area contributed by atoms with E-state index in [1.165, 1.54) is 12.1 Å². The molecule has 0 amide bonds. The summed E-state index contributed by atoms with van der Waals surface area (Å²) in [6.45, 7) is 2.23. The third-order valence-electron chi connectivity index (χ3n) is 2.95. The molecule has 0 saturated carbocycles. The molecule has 1 aromatic carbocycles. The zero-order valence-electron chi connectivity index (χ0n) is 11.8. The number of aliphatic hydroxyl groups is 1. The fourth-order valence-corrected chi connectivity index (χ4v) is 1.86. The molecule has 2 aromatic rings. The first-order chi connectivity index (χ1) is 10.2. The molecular formula is C14H18FN3O3. The van der Waals surface area contributed by atoms with Crippen LogP contribution < -0.4 is 0 Å². The lowest BCUT2D eigenvalue weighted by Gasteiger charge is -2.18. The number of aromatic nitrogens is 2. The molecule has 0 bridgehead atoms. The molecule has 0 saturated heterocycles. The quantitative estimate of drug-likeness (QED) is 0.792. The Balaban J connectivity index is 2.02. The van der Waals surface area contributed by atoms with Crippen LogP contribution in [0.3, 0.4) is 0 Å². The Morgan fingerprint density at radius 2 is 2.05 bits per heavy atom. The van der Waals surface area contributed by atoms with Crippen LogP contribution in [0.15, 0.2) is 28.8 Å². The van der Waals surface area contributed by atoms with Gasteiger partial charge in [-0.2, -0.15) is 4.98 Å².